The molecule has 2 aliphatic rings. The highest BCUT2D eigenvalue weighted by molar-refractivity contribution is 9.10. The number of ether oxygens (including phenoxy) is 1. The molecule has 2 aromatic rings. The van der Waals surface area contributed by atoms with Gasteiger partial charge in [0.05, 0.1) is 12.2 Å². The molecule has 6 nitrogen and oxygen atoms in total. The Hall–Kier alpha value is -1.74. The third-order valence-electron chi connectivity index (χ3n) is 10.3. The van der Waals surface area contributed by atoms with E-state index in [1.165, 1.54) is 0 Å². The van der Waals surface area contributed by atoms with Crippen molar-refractivity contribution in [2.45, 2.75) is 110 Å². The number of carbonyl (C=O) groups is 1. The van der Waals surface area contributed by atoms with Crippen LogP contribution in [0.2, 0.25) is 0 Å². The molecule has 0 saturated heterocycles. The van der Waals surface area contributed by atoms with Crippen LogP contribution in [0.5, 0.6) is 0 Å². The quantitative estimate of drug-likeness (QED) is 0.200. The van der Waals surface area contributed by atoms with E-state index < -0.39 is 21.6 Å². The maximum Gasteiger partial charge on any atom is 0.338 e. The van der Waals surface area contributed by atoms with E-state index in [2.05, 4.69) is 36.7 Å². The van der Waals surface area contributed by atoms with Gasteiger partial charge in [-0.25, -0.2) is 4.79 Å². The molecule has 2 saturated carbocycles. The first-order valence-corrected chi connectivity index (χ1v) is 17.9. The minimum Gasteiger partial charge on any atom is -0.458 e. The zero-order chi connectivity index (χ0) is 31.9. The van der Waals surface area contributed by atoms with E-state index in [1.807, 2.05) is 58.9 Å². The number of aliphatic hydroxyl groups excluding tert-OH is 1. The zero-order valence-corrected chi connectivity index (χ0v) is 29.3. The van der Waals surface area contributed by atoms with Gasteiger partial charge in [0.1, 0.15) is 11.0 Å². The van der Waals surface area contributed by atoms with Gasteiger partial charge in [-0.1, -0.05) is 89.9 Å². The fourth-order valence-corrected chi connectivity index (χ4v) is 9.31. The van der Waals surface area contributed by atoms with Crippen molar-refractivity contribution in [3.63, 3.8) is 0 Å². The Bertz CT molecular complexity index is 1390. The van der Waals surface area contributed by atoms with Crippen LogP contribution in [0, 0.1) is 22.7 Å². The predicted octanol–water partition coefficient (Wildman–Crippen LogP) is 8.58. The molecular weight excluding hydrogens is 628 g/mol. The number of hydrogen-bond donors (Lipinski definition) is 1. The van der Waals surface area contributed by atoms with Gasteiger partial charge in [0.25, 0.3) is 10.1 Å². The first-order chi connectivity index (χ1) is 20.0. The Morgan fingerprint density at radius 3 is 2.09 bits per heavy atom. The third-order valence-corrected chi connectivity index (χ3v) is 12.2. The molecule has 2 aliphatic carbocycles. The lowest BCUT2D eigenvalue weighted by atomic mass is 9.53. The van der Waals surface area contributed by atoms with Crippen molar-refractivity contribution in [3.8, 4) is 0 Å². The smallest absolute Gasteiger partial charge is 0.338 e. The van der Waals surface area contributed by atoms with Crippen LogP contribution in [-0.2, 0) is 19.0 Å². The molecule has 0 aromatic heterocycles. The highest BCUT2D eigenvalue weighted by Crippen LogP contribution is 2.61. The third kappa shape index (κ3) is 6.78. The van der Waals surface area contributed by atoms with E-state index in [1.54, 1.807) is 12.1 Å². The Labute approximate surface area is 267 Å². The number of benzene rings is 2. The van der Waals surface area contributed by atoms with Gasteiger partial charge in [-0.05, 0) is 95.2 Å². The van der Waals surface area contributed by atoms with Crippen LogP contribution in [0.3, 0.4) is 0 Å². The Morgan fingerprint density at radius 1 is 1.00 bits per heavy atom. The molecular formula is C35H49BrO6S. The molecule has 238 valence electrons. The molecule has 43 heavy (non-hydrogen) atoms. The molecule has 0 radical (unpaired) electrons. The van der Waals surface area contributed by atoms with E-state index >= 15 is 0 Å². The molecule has 0 bridgehead atoms. The summed E-state index contributed by atoms with van der Waals surface area (Å²) >= 11 is 3.41. The van der Waals surface area contributed by atoms with Crippen LogP contribution in [0.15, 0.2) is 45.8 Å². The summed E-state index contributed by atoms with van der Waals surface area (Å²) in [5.74, 6) is -0.293. The second kappa shape index (κ2) is 12.9. The summed E-state index contributed by atoms with van der Waals surface area (Å²) in [7, 11) is -4.10. The number of esters is 1. The molecule has 4 rings (SSSR count). The van der Waals surface area contributed by atoms with Gasteiger partial charge in [0, 0.05) is 16.5 Å². The molecule has 0 aliphatic heterocycles. The van der Waals surface area contributed by atoms with Crippen LogP contribution in [0.25, 0.3) is 0 Å². The number of carbonyl (C=O) groups excluding carboxylic acids is 1. The van der Waals surface area contributed by atoms with Gasteiger partial charge in [-0.2, -0.15) is 8.42 Å². The van der Waals surface area contributed by atoms with Gasteiger partial charge in [0.2, 0.25) is 0 Å². The maximum absolute atomic E-state index is 14.1. The Kier molecular flexibility index (Phi) is 10.3. The molecule has 0 heterocycles. The van der Waals surface area contributed by atoms with Gasteiger partial charge in [0.15, 0.2) is 0 Å². The van der Waals surface area contributed by atoms with E-state index in [0.29, 0.717) is 16.9 Å². The summed E-state index contributed by atoms with van der Waals surface area (Å²) in [4.78, 5) is 13.5. The standard InChI is InChI=1S/C35H49BrO6S/c1-21(2)25-16-27(22(3)4)32(28(17-25)23(5)6)43(39,40)41-19-30-29-10-9-15-35(29,8)31(18-34(30,7)20-37)42-33(38)24-11-13-26(36)14-12-24/h11-14,16-17,21-23,29-31,37H,9-10,15,18-20H2,1-8H3/t29-,30+,31+,34+,35-/m1/s1. The van der Waals surface area contributed by atoms with Crippen LogP contribution < -0.4 is 0 Å². The fraction of sp³-hybridized carbons (Fsp3) is 0.629. The topological polar surface area (TPSA) is 89.9 Å². The molecule has 2 aromatic carbocycles. The molecule has 5 atom stereocenters. The molecule has 2 fully saturated rings. The second-order valence-corrected chi connectivity index (χ2v) is 16.7. The van der Waals surface area contributed by atoms with Gasteiger partial charge < -0.3 is 9.84 Å². The average Bonchev–Trinajstić information content (AvgIpc) is 3.34. The summed E-state index contributed by atoms with van der Waals surface area (Å²) in [6, 6.07) is 11.1. The molecule has 0 amide bonds. The average molecular weight is 678 g/mol. The number of fused-ring (bicyclic) bond motifs is 1. The van der Waals surface area contributed by atoms with E-state index in [4.69, 9.17) is 8.92 Å². The summed E-state index contributed by atoms with van der Waals surface area (Å²) in [5.41, 5.74) is 2.15. The Morgan fingerprint density at radius 2 is 1.58 bits per heavy atom. The van der Waals surface area contributed by atoms with Crippen LogP contribution in [0.4, 0.5) is 0 Å². The number of halogens is 1. The predicted molar refractivity (Wildman–Crippen MR) is 174 cm³/mol. The van der Waals surface area contributed by atoms with E-state index in [0.717, 1.165) is 40.4 Å². The summed E-state index contributed by atoms with van der Waals surface area (Å²) in [6.45, 7) is 16.3. The van der Waals surface area contributed by atoms with Gasteiger partial charge in [-0.15, -0.1) is 0 Å². The second-order valence-electron chi connectivity index (χ2n) is 14.3. The first-order valence-electron chi connectivity index (χ1n) is 15.7. The summed E-state index contributed by atoms with van der Waals surface area (Å²) in [6.07, 6.45) is 2.72. The normalized spacial score (nSPS) is 27.6. The van der Waals surface area contributed by atoms with Crippen molar-refractivity contribution in [2.24, 2.45) is 22.7 Å². The van der Waals surface area contributed by atoms with Crippen molar-refractivity contribution in [2.75, 3.05) is 13.2 Å². The van der Waals surface area contributed by atoms with Crippen molar-refractivity contribution >= 4 is 32.0 Å². The molecule has 1 N–H and O–H groups in total. The number of rotatable bonds is 10. The lowest BCUT2D eigenvalue weighted by molar-refractivity contribution is -0.141. The van der Waals surface area contributed by atoms with E-state index in [-0.39, 0.29) is 54.2 Å². The highest BCUT2D eigenvalue weighted by atomic mass is 79.9. The zero-order valence-electron chi connectivity index (χ0n) is 26.9. The highest BCUT2D eigenvalue weighted by Gasteiger charge is 2.59. The SMILES string of the molecule is CC(C)c1cc(C(C)C)c(S(=O)(=O)OC[C@H]2[C@H]3CCC[C@@]3(C)[C@@H](OC(=O)c3ccc(Br)cc3)C[C@@]2(C)CO)c(C(C)C)c1. The van der Waals surface area contributed by atoms with Crippen LogP contribution in [0.1, 0.15) is 126 Å². The first kappa shape index (κ1) is 34.1. The number of aliphatic hydroxyl groups is 1. The van der Waals surface area contributed by atoms with E-state index in [9.17, 15) is 18.3 Å². The molecule has 0 unspecified atom stereocenters. The minimum absolute atomic E-state index is 0.00116. The largest absolute Gasteiger partial charge is 0.458 e. The number of hydrogen-bond acceptors (Lipinski definition) is 6. The van der Waals surface area contributed by atoms with Crippen molar-refractivity contribution in [1.82, 2.24) is 0 Å². The monoisotopic (exact) mass is 676 g/mol. The summed E-state index contributed by atoms with van der Waals surface area (Å²) < 4.78 is 41.3. The summed E-state index contributed by atoms with van der Waals surface area (Å²) in [5, 5.41) is 10.7. The fourth-order valence-electron chi connectivity index (χ4n) is 7.43. The van der Waals surface area contributed by atoms with Crippen molar-refractivity contribution in [1.29, 1.82) is 0 Å². The maximum atomic E-state index is 14.1. The van der Waals surface area contributed by atoms with Gasteiger partial charge in [-0.3, -0.25) is 4.18 Å². The molecule has 0 spiro atoms. The van der Waals surface area contributed by atoms with Gasteiger partial charge >= 0.3 is 5.97 Å². The minimum atomic E-state index is -4.10. The lowest BCUT2D eigenvalue weighted by Crippen LogP contribution is -2.56. The van der Waals surface area contributed by atoms with Crippen molar-refractivity contribution < 1.29 is 27.2 Å². The molecule has 8 heteroatoms. The van der Waals surface area contributed by atoms with Crippen LogP contribution in [-0.4, -0.2) is 38.8 Å². The van der Waals surface area contributed by atoms with Crippen LogP contribution >= 0.6 is 15.9 Å². The van der Waals surface area contributed by atoms with Crippen molar-refractivity contribution in [3.05, 3.63) is 63.1 Å². The lowest BCUT2D eigenvalue weighted by Gasteiger charge is -2.54. The Balaban J connectivity index is 1.65.